The molecule has 0 saturated carbocycles. The summed E-state index contributed by atoms with van der Waals surface area (Å²) in [4.78, 5) is 16.8. The molecule has 0 aliphatic carbocycles. The maximum Gasteiger partial charge on any atom is 0.345 e. The Morgan fingerprint density at radius 2 is 2.00 bits per heavy atom. The van der Waals surface area contributed by atoms with Gasteiger partial charge < -0.3 is 9.47 Å². The lowest BCUT2D eigenvalue weighted by atomic mass is 10.1. The van der Waals surface area contributed by atoms with E-state index < -0.39 is 5.97 Å². The molecular weight excluding hydrogens is 330 g/mol. The van der Waals surface area contributed by atoms with Crippen LogP contribution in [0.5, 0.6) is 5.75 Å². The molecule has 0 saturated heterocycles. The van der Waals surface area contributed by atoms with E-state index in [1.54, 1.807) is 19.1 Å². The van der Waals surface area contributed by atoms with Crippen molar-refractivity contribution in [3.8, 4) is 5.75 Å². The highest BCUT2D eigenvalue weighted by atomic mass is 16.5. The molecule has 26 heavy (non-hydrogen) atoms. The Hall–Kier alpha value is -3.41. The Morgan fingerprint density at radius 1 is 1.23 bits per heavy atom. The Labute approximate surface area is 151 Å². The Bertz CT molecular complexity index is 961. The third-order valence-corrected chi connectivity index (χ3v) is 3.85. The predicted molar refractivity (Wildman–Crippen MR) is 99.9 cm³/mol. The van der Waals surface area contributed by atoms with E-state index in [1.807, 2.05) is 30.3 Å². The van der Waals surface area contributed by atoms with Crippen molar-refractivity contribution in [1.29, 1.82) is 0 Å². The number of fused-ring (bicyclic) bond motifs is 1. The molecule has 0 spiro atoms. The average Bonchev–Trinajstić information content (AvgIpc) is 3.14. The van der Waals surface area contributed by atoms with Gasteiger partial charge >= 0.3 is 5.97 Å². The van der Waals surface area contributed by atoms with Gasteiger partial charge in [-0.1, -0.05) is 49.6 Å². The van der Waals surface area contributed by atoms with E-state index in [9.17, 15) is 4.79 Å². The second-order valence-corrected chi connectivity index (χ2v) is 5.40. The second-order valence-electron chi connectivity index (χ2n) is 5.40. The molecule has 2 heterocycles. The van der Waals surface area contributed by atoms with Crippen LogP contribution in [-0.4, -0.2) is 27.2 Å². The van der Waals surface area contributed by atoms with Crippen LogP contribution >= 0.6 is 0 Å². The van der Waals surface area contributed by atoms with Gasteiger partial charge in [-0.3, -0.25) is 0 Å². The molecule has 2 aromatic heterocycles. The molecule has 132 valence electrons. The van der Waals surface area contributed by atoms with Gasteiger partial charge in [0.15, 0.2) is 5.65 Å². The molecule has 6 nitrogen and oxygen atoms in total. The van der Waals surface area contributed by atoms with Gasteiger partial charge in [0.1, 0.15) is 24.2 Å². The molecule has 0 N–H and O–H groups in total. The number of hydrogen-bond acceptors (Lipinski definition) is 5. The van der Waals surface area contributed by atoms with Gasteiger partial charge in [0.05, 0.1) is 12.3 Å². The zero-order chi connectivity index (χ0) is 18.5. The Morgan fingerprint density at radius 3 is 2.65 bits per heavy atom. The number of benzene rings is 1. The maximum absolute atomic E-state index is 12.6. The molecular formula is C20H19N3O3. The SMILES string of the molecule is C=Cc1c(OCc2ccccc2)c(C(=O)OCC)c2ncnn2c1C=C. The average molecular weight is 349 g/mol. The molecule has 0 radical (unpaired) electrons. The maximum atomic E-state index is 12.6. The van der Waals surface area contributed by atoms with E-state index in [2.05, 4.69) is 23.2 Å². The fourth-order valence-corrected chi connectivity index (χ4v) is 2.72. The van der Waals surface area contributed by atoms with Gasteiger partial charge in [-0.25, -0.2) is 14.3 Å². The first kappa shape index (κ1) is 17.4. The minimum Gasteiger partial charge on any atom is -0.487 e. The summed E-state index contributed by atoms with van der Waals surface area (Å²) < 4.78 is 12.8. The van der Waals surface area contributed by atoms with E-state index in [4.69, 9.17) is 9.47 Å². The highest BCUT2D eigenvalue weighted by molar-refractivity contribution is 6.01. The van der Waals surface area contributed by atoms with Crippen molar-refractivity contribution >= 4 is 23.8 Å². The summed E-state index contributed by atoms with van der Waals surface area (Å²) in [6.45, 7) is 9.96. The van der Waals surface area contributed by atoms with E-state index in [-0.39, 0.29) is 18.8 Å². The van der Waals surface area contributed by atoms with Crippen LogP contribution in [-0.2, 0) is 11.3 Å². The van der Waals surface area contributed by atoms with Crippen LogP contribution in [0.4, 0.5) is 0 Å². The number of rotatable bonds is 7. The van der Waals surface area contributed by atoms with Crippen molar-refractivity contribution < 1.29 is 14.3 Å². The topological polar surface area (TPSA) is 65.7 Å². The number of ether oxygens (including phenoxy) is 2. The first-order valence-electron chi connectivity index (χ1n) is 8.19. The zero-order valence-electron chi connectivity index (χ0n) is 14.5. The van der Waals surface area contributed by atoms with Gasteiger partial charge in [0.25, 0.3) is 0 Å². The molecule has 0 atom stereocenters. The second kappa shape index (κ2) is 7.65. The van der Waals surface area contributed by atoms with Gasteiger partial charge in [-0.2, -0.15) is 5.10 Å². The quantitative estimate of drug-likeness (QED) is 0.608. The monoisotopic (exact) mass is 349 g/mol. The summed E-state index contributed by atoms with van der Waals surface area (Å²) in [5.74, 6) is -0.162. The van der Waals surface area contributed by atoms with Crippen LogP contribution in [0.1, 0.15) is 34.1 Å². The van der Waals surface area contributed by atoms with E-state index in [1.165, 1.54) is 10.8 Å². The third kappa shape index (κ3) is 3.09. The van der Waals surface area contributed by atoms with Crippen molar-refractivity contribution in [1.82, 2.24) is 14.6 Å². The van der Waals surface area contributed by atoms with Crippen LogP contribution in [0.15, 0.2) is 49.8 Å². The molecule has 6 heteroatoms. The molecule has 1 aromatic carbocycles. The number of hydrogen-bond donors (Lipinski definition) is 0. The van der Waals surface area contributed by atoms with Gasteiger partial charge in [0.2, 0.25) is 0 Å². The highest BCUT2D eigenvalue weighted by Gasteiger charge is 2.26. The van der Waals surface area contributed by atoms with Crippen molar-refractivity contribution in [2.75, 3.05) is 6.61 Å². The molecule has 3 aromatic rings. The minimum absolute atomic E-state index is 0.223. The fraction of sp³-hybridized carbons (Fsp3) is 0.150. The number of pyridine rings is 1. The van der Waals surface area contributed by atoms with Crippen LogP contribution in [0, 0.1) is 0 Å². The lowest BCUT2D eigenvalue weighted by Crippen LogP contribution is -2.14. The van der Waals surface area contributed by atoms with Crippen LogP contribution in [0.25, 0.3) is 17.8 Å². The largest absolute Gasteiger partial charge is 0.487 e. The highest BCUT2D eigenvalue weighted by Crippen LogP contribution is 2.33. The van der Waals surface area contributed by atoms with Crippen LogP contribution < -0.4 is 4.74 Å². The van der Waals surface area contributed by atoms with E-state index in [0.29, 0.717) is 22.7 Å². The Kier molecular flexibility index (Phi) is 5.12. The molecule has 0 fully saturated rings. The first-order chi connectivity index (χ1) is 12.7. The van der Waals surface area contributed by atoms with Crippen molar-refractivity contribution in [2.45, 2.75) is 13.5 Å². The van der Waals surface area contributed by atoms with E-state index in [0.717, 1.165) is 5.56 Å². The van der Waals surface area contributed by atoms with E-state index >= 15 is 0 Å². The summed E-state index contributed by atoms with van der Waals surface area (Å²) in [6.07, 6.45) is 4.61. The number of esters is 1. The number of aromatic nitrogens is 3. The molecule has 0 amide bonds. The smallest absolute Gasteiger partial charge is 0.345 e. The summed E-state index contributed by atoms with van der Waals surface area (Å²) in [5.41, 5.74) is 2.80. The lowest BCUT2D eigenvalue weighted by Gasteiger charge is -2.17. The Balaban J connectivity index is 2.19. The van der Waals surface area contributed by atoms with Crippen molar-refractivity contribution in [3.63, 3.8) is 0 Å². The summed E-state index contributed by atoms with van der Waals surface area (Å²) in [5, 5.41) is 4.18. The summed E-state index contributed by atoms with van der Waals surface area (Å²) in [6, 6.07) is 9.68. The van der Waals surface area contributed by atoms with Gasteiger partial charge in [-0.15, -0.1) is 0 Å². The standard InChI is InChI=1S/C20H19N3O3/c1-4-15-16(5-2)23-19(21-13-22-23)17(20(24)25-6-3)18(15)26-12-14-10-8-7-9-11-14/h4-5,7-11,13H,1-2,6,12H2,3H3. The summed E-state index contributed by atoms with van der Waals surface area (Å²) >= 11 is 0. The molecule has 0 unspecified atom stereocenters. The predicted octanol–water partition coefficient (Wildman–Crippen LogP) is 3.77. The molecule has 0 bridgehead atoms. The first-order valence-corrected chi connectivity index (χ1v) is 8.19. The fourth-order valence-electron chi connectivity index (χ4n) is 2.72. The number of carbonyl (C=O) groups excluding carboxylic acids is 1. The zero-order valence-corrected chi connectivity index (χ0v) is 14.5. The normalized spacial score (nSPS) is 10.5. The lowest BCUT2D eigenvalue weighted by molar-refractivity contribution is 0.0522. The summed E-state index contributed by atoms with van der Waals surface area (Å²) in [7, 11) is 0. The minimum atomic E-state index is -0.521. The van der Waals surface area contributed by atoms with Crippen molar-refractivity contribution in [2.24, 2.45) is 0 Å². The number of carbonyl (C=O) groups is 1. The van der Waals surface area contributed by atoms with Gasteiger partial charge in [-0.05, 0) is 18.6 Å². The molecule has 0 aliphatic rings. The van der Waals surface area contributed by atoms with Crippen LogP contribution in [0.2, 0.25) is 0 Å². The molecule has 3 rings (SSSR count). The molecule has 0 aliphatic heterocycles. The van der Waals surface area contributed by atoms with Crippen LogP contribution in [0.3, 0.4) is 0 Å². The third-order valence-electron chi connectivity index (χ3n) is 3.85. The van der Waals surface area contributed by atoms with Gasteiger partial charge in [0, 0.05) is 5.56 Å². The number of nitrogens with zero attached hydrogens (tertiary/aromatic N) is 3. The van der Waals surface area contributed by atoms with Crippen molar-refractivity contribution in [3.05, 3.63) is 72.2 Å².